The lowest BCUT2D eigenvalue weighted by Crippen LogP contribution is -2.52. The summed E-state index contributed by atoms with van der Waals surface area (Å²) in [5.74, 6) is -13.5. The largest absolute Gasteiger partial charge is 0.349 e. The molecule has 0 saturated carbocycles. The fourth-order valence-corrected chi connectivity index (χ4v) is 2.71. The molecule has 4 rings (SSSR count). The summed E-state index contributed by atoms with van der Waals surface area (Å²) >= 11 is 5.65. The van der Waals surface area contributed by atoms with Gasteiger partial charge in [0.2, 0.25) is 11.8 Å². The summed E-state index contributed by atoms with van der Waals surface area (Å²) in [5.41, 5.74) is -5.39. The maximum absolute atomic E-state index is 15.1. The molecule has 0 spiro atoms. The van der Waals surface area contributed by atoms with Crippen molar-refractivity contribution in [2.24, 2.45) is 0 Å². The zero-order chi connectivity index (χ0) is 35.5. The number of fused-ring (bicyclic) bond motifs is 1. The lowest BCUT2D eigenvalue weighted by molar-refractivity contribution is -0.147. The number of amides is 4. The molecule has 2 aliphatic rings. The molecular weight excluding hydrogens is 444 g/mol. The first-order valence-corrected chi connectivity index (χ1v) is 8.90. The van der Waals surface area contributed by atoms with E-state index in [2.05, 4.69) is 0 Å². The van der Waals surface area contributed by atoms with Crippen LogP contribution in [0.3, 0.4) is 0 Å². The van der Waals surface area contributed by atoms with E-state index in [1.54, 1.807) is 0 Å². The van der Waals surface area contributed by atoms with Crippen molar-refractivity contribution in [3.8, 4) is 0 Å². The number of imide groups is 1. The van der Waals surface area contributed by atoms with Gasteiger partial charge < -0.3 is 10.2 Å². The van der Waals surface area contributed by atoms with Gasteiger partial charge in [-0.25, -0.2) is 0 Å². The quantitative estimate of drug-likeness (QED) is 0.649. The van der Waals surface area contributed by atoms with Crippen LogP contribution in [0.2, 0.25) is 7.85 Å². The van der Waals surface area contributed by atoms with Crippen LogP contribution in [-0.4, -0.2) is 34.5 Å². The highest BCUT2D eigenvalue weighted by Gasteiger charge is 2.41. The Labute approximate surface area is 206 Å². The number of benzene rings is 2. The maximum Gasteiger partial charge on any atom is 0.349 e. The number of halogens is 3. The minimum absolute atomic E-state index is 0.0163. The minimum atomic E-state index is -4.62. The topological polar surface area (TPSA) is 95.6 Å². The Balaban J connectivity index is 1.92. The lowest BCUT2D eigenvalue weighted by atomic mass is 10.0. The molecule has 2 aromatic carbocycles. The van der Waals surface area contributed by atoms with E-state index in [0.717, 1.165) is 12.1 Å². The van der Waals surface area contributed by atoms with E-state index in [1.165, 1.54) is 0 Å². The normalized spacial score (nSPS) is 32.5. The molecule has 1 saturated heterocycles. The Kier molecular flexibility index (Phi) is 2.73. The maximum atomic E-state index is 15.1. The van der Waals surface area contributed by atoms with Gasteiger partial charge in [0.25, 0.3) is 11.8 Å². The van der Waals surface area contributed by atoms with Gasteiger partial charge in [-0.1, -0.05) is 35.8 Å². The first-order valence-electron chi connectivity index (χ1n) is 15.4. The predicted molar refractivity (Wildman–Crippen MR) is 110 cm³/mol. The third-order valence-corrected chi connectivity index (χ3v) is 4.37. The van der Waals surface area contributed by atoms with Crippen molar-refractivity contribution >= 4 is 35.2 Å². The molecule has 0 radical (unpaired) electrons. The molecule has 0 bridgehead atoms. The average molecular weight is 476 g/mol. The van der Waals surface area contributed by atoms with Crippen molar-refractivity contribution < 1.29 is 47.2 Å². The van der Waals surface area contributed by atoms with E-state index in [-0.39, 0.29) is 5.02 Å². The monoisotopic (exact) mass is 475 g/mol. The molecule has 32 heavy (non-hydrogen) atoms. The van der Waals surface area contributed by atoms with Crippen molar-refractivity contribution in [2.45, 2.75) is 37.7 Å². The fraction of sp³-hybridized carbons (Fsp3) is 0.273. The van der Waals surface area contributed by atoms with E-state index in [0.29, 0.717) is 12.1 Å². The van der Waals surface area contributed by atoms with Gasteiger partial charge in [-0.2, -0.15) is 8.78 Å². The smallest absolute Gasteiger partial charge is 0.346 e. The van der Waals surface area contributed by atoms with Crippen LogP contribution in [0.15, 0.2) is 42.4 Å². The first-order chi connectivity index (χ1) is 20.7. The molecule has 7 nitrogen and oxygen atoms in total. The van der Waals surface area contributed by atoms with Crippen molar-refractivity contribution in [3.63, 3.8) is 0 Å². The van der Waals surface area contributed by atoms with E-state index < -0.39 is 117 Å². The number of alkyl halides is 2. The molecule has 0 aliphatic carbocycles. The molecule has 2 N–H and O–H groups in total. The van der Waals surface area contributed by atoms with Gasteiger partial charge in [-0.05, 0) is 35.7 Å². The summed E-state index contributed by atoms with van der Waals surface area (Å²) in [6, 6.07) is -5.43. The lowest BCUT2D eigenvalue weighted by Gasteiger charge is -2.29. The predicted octanol–water partition coefficient (Wildman–Crippen LogP) is 2.51. The van der Waals surface area contributed by atoms with E-state index >= 15 is 8.78 Å². The Hall–Kier alpha value is -3.33. The molecule has 2 heterocycles. The van der Waals surface area contributed by atoms with Crippen LogP contribution in [-0.2, 0) is 33.3 Å². The number of carbonyl (C=O) groups is 4. The van der Waals surface area contributed by atoms with Gasteiger partial charge in [0.1, 0.15) is 6.02 Å². The summed E-state index contributed by atoms with van der Waals surface area (Å²) in [7, 11) is 0. The Morgan fingerprint density at radius 3 is 2.84 bits per heavy atom. The number of hydrogen-bond acceptors (Lipinski definition) is 4. The summed E-state index contributed by atoms with van der Waals surface area (Å²) in [4.78, 5) is 50.9. The molecule has 166 valence electrons. The number of nitrogens with zero attached hydrogens (tertiary/aromatic N) is 1. The van der Waals surface area contributed by atoms with Crippen LogP contribution < -0.4 is 10.6 Å². The molecule has 1 atom stereocenters. The number of piperidine rings is 1. The highest BCUT2D eigenvalue weighted by atomic mass is 35.5. The SMILES string of the molecule is [2H]c1c([2H])c(C([2H])([2H])N([2H])C(=O)C(F)(F)c2ccc(Cl)cc2)c([2H])c2c1C(=O)N(C1([2H])C(=O)N([2H])C(=O)C([2H])([2H])C1([2H])[2H])C2([2H])[2H]. The van der Waals surface area contributed by atoms with Crippen molar-refractivity contribution in [1.82, 2.24) is 15.5 Å². The van der Waals surface area contributed by atoms with Gasteiger partial charge in [0.05, 0.1) is 11.0 Å². The third-order valence-electron chi connectivity index (χ3n) is 4.11. The summed E-state index contributed by atoms with van der Waals surface area (Å²) in [6.45, 7) is -7.81. The summed E-state index contributed by atoms with van der Waals surface area (Å²) in [5, 5.41) is -1.80. The van der Waals surface area contributed by atoms with Crippen LogP contribution in [0, 0.1) is 0 Å². The molecule has 1 unspecified atom stereocenters. The molecule has 0 aromatic heterocycles. The number of carbonyl (C=O) groups excluding carboxylic acids is 4. The second-order valence-corrected chi connectivity index (χ2v) is 6.62. The van der Waals surface area contributed by atoms with Crippen LogP contribution in [0.5, 0.6) is 0 Å². The van der Waals surface area contributed by atoms with Crippen molar-refractivity contribution in [2.75, 3.05) is 0 Å². The second kappa shape index (κ2) is 8.31. The van der Waals surface area contributed by atoms with Gasteiger partial charge in [0.15, 0.2) is 2.82 Å². The van der Waals surface area contributed by atoms with Crippen molar-refractivity contribution in [3.05, 3.63) is 69.7 Å². The molecular formula is C22H18ClF2N3O4. The van der Waals surface area contributed by atoms with Gasteiger partial charge in [0, 0.05) is 41.0 Å². The number of rotatable bonds is 5. The molecule has 1 fully saturated rings. The van der Waals surface area contributed by atoms with Gasteiger partial charge >= 0.3 is 5.92 Å². The second-order valence-electron chi connectivity index (χ2n) is 6.18. The van der Waals surface area contributed by atoms with E-state index in [4.69, 9.17) is 30.9 Å². The Morgan fingerprint density at radius 2 is 2.12 bits per heavy atom. The number of hydrogen-bond donors (Lipinski definition) is 2. The van der Waals surface area contributed by atoms with Crippen molar-refractivity contribution in [1.29, 1.82) is 0 Å². The molecule has 2 aromatic rings. The molecule has 2 aliphatic heterocycles. The summed E-state index contributed by atoms with van der Waals surface area (Å²) < 4.78 is 145. The highest BCUT2D eigenvalue weighted by Crippen LogP contribution is 2.30. The zero-order valence-electron chi connectivity index (χ0n) is 29.4. The Morgan fingerprint density at radius 1 is 1.41 bits per heavy atom. The van der Waals surface area contributed by atoms with E-state index in [9.17, 15) is 19.2 Å². The van der Waals surface area contributed by atoms with Crippen LogP contribution in [0.1, 0.15) is 56.2 Å². The average Bonchev–Trinajstić information content (AvgIpc) is 3.17. The highest BCUT2D eigenvalue weighted by molar-refractivity contribution is 6.30. The molecule has 4 amide bonds. The van der Waals surface area contributed by atoms with Crippen LogP contribution in [0.25, 0.3) is 0 Å². The standard InChI is InChI=1S/C22H18ClF2N3O4/c23-15-4-2-14(3-5-15)22(24,25)21(32)26-10-12-1-6-16-13(9-12)11-28(20(16)31)17-7-8-18(29)27-19(17)30/h1-6,9,17H,7-8,10-11H2,(H,26,32)(H,27,29,30)/i1D,6D,7D2,8D2,9D,10D2,11D2,17D/hD2. The minimum Gasteiger partial charge on any atom is -0.346 e. The van der Waals surface area contributed by atoms with Crippen LogP contribution in [0.4, 0.5) is 8.78 Å². The fourth-order valence-electron chi connectivity index (χ4n) is 2.59. The van der Waals surface area contributed by atoms with E-state index in [1.807, 2.05) is 0 Å². The Bertz CT molecular complexity index is 1730. The first kappa shape index (κ1) is 10.5. The van der Waals surface area contributed by atoms with Gasteiger partial charge in [-0.15, -0.1) is 0 Å². The number of nitrogens with one attached hydrogen (secondary N) is 2. The third kappa shape index (κ3) is 4.08. The molecule has 10 heteroatoms. The van der Waals surface area contributed by atoms with Gasteiger partial charge in [-0.3, -0.25) is 24.5 Å². The zero-order valence-corrected chi connectivity index (χ0v) is 16.2. The summed E-state index contributed by atoms with van der Waals surface area (Å²) in [6.07, 6.45) is -8.05. The van der Waals surface area contributed by atoms with Crippen LogP contribution >= 0.6 is 11.6 Å².